The van der Waals surface area contributed by atoms with Crippen molar-refractivity contribution in [2.24, 2.45) is 7.05 Å². The zero-order valence-electron chi connectivity index (χ0n) is 12.7. The summed E-state index contributed by atoms with van der Waals surface area (Å²) in [7, 11) is 3.89. The second-order valence-corrected chi connectivity index (χ2v) is 5.17. The molecule has 20 heavy (non-hydrogen) atoms. The lowest BCUT2D eigenvalue weighted by Crippen LogP contribution is -2.14. The SMILES string of the molecule is CNC(C)c1ccc(C)cc1OCCc1cnn(C)c1. The molecule has 0 saturated heterocycles. The summed E-state index contributed by atoms with van der Waals surface area (Å²) in [6.45, 7) is 4.89. The van der Waals surface area contributed by atoms with Gasteiger partial charge in [-0.15, -0.1) is 0 Å². The molecule has 1 atom stereocenters. The Morgan fingerprint density at radius 1 is 1.40 bits per heavy atom. The molecule has 4 nitrogen and oxygen atoms in total. The van der Waals surface area contributed by atoms with Crippen molar-refractivity contribution in [2.75, 3.05) is 13.7 Å². The molecule has 0 spiro atoms. The van der Waals surface area contributed by atoms with E-state index in [-0.39, 0.29) is 6.04 Å². The van der Waals surface area contributed by atoms with E-state index >= 15 is 0 Å². The summed E-state index contributed by atoms with van der Waals surface area (Å²) in [6.07, 6.45) is 4.78. The van der Waals surface area contributed by atoms with Crippen LogP contribution in [-0.2, 0) is 13.5 Å². The summed E-state index contributed by atoms with van der Waals surface area (Å²) < 4.78 is 7.79. The van der Waals surface area contributed by atoms with Gasteiger partial charge in [0.05, 0.1) is 12.8 Å². The predicted octanol–water partition coefficient (Wildman–Crippen LogP) is 2.63. The maximum Gasteiger partial charge on any atom is 0.124 e. The molecule has 4 heteroatoms. The van der Waals surface area contributed by atoms with Gasteiger partial charge in [0.25, 0.3) is 0 Å². The van der Waals surface area contributed by atoms with E-state index < -0.39 is 0 Å². The van der Waals surface area contributed by atoms with E-state index in [0.29, 0.717) is 6.61 Å². The van der Waals surface area contributed by atoms with Crippen molar-refractivity contribution < 1.29 is 4.74 Å². The highest BCUT2D eigenvalue weighted by Crippen LogP contribution is 2.26. The highest BCUT2D eigenvalue weighted by atomic mass is 16.5. The molecule has 0 bridgehead atoms. The fourth-order valence-electron chi connectivity index (χ4n) is 2.16. The molecule has 0 aliphatic carbocycles. The minimum atomic E-state index is 0.281. The van der Waals surface area contributed by atoms with Crippen LogP contribution < -0.4 is 10.1 Å². The zero-order chi connectivity index (χ0) is 14.5. The standard InChI is InChI=1S/C16H23N3O/c1-12-5-6-15(13(2)17-3)16(9-12)20-8-7-14-10-18-19(4)11-14/h5-6,9-11,13,17H,7-8H2,1-4H3. The molecule has 108 valence electrons. The Morgan fingerprint density at radius 3 is 2.85 bits per heavy atom. The van der Waals surface area contributed by atoms with Crippen molar-refractivity contribution in [1.29, 1.82) is 0 Å². The Labute approximate surface area is 120 Å². The van der Waals surface area contributed by atoms with Crippen LogP contribution in [0.4, 0.5) is 0 Å². The maximum atomic E-state index is 5.98. The molecule has 2 aromatic rings. The van der Waals surface area contributed by atoms with Gasteiger partial charge in [0.2, 0.25) is 0 Å². The molecule has 0 fully saturated rings. The third kappa shape index (κ3) is 3.61. The highest BCUT2D eigenvalue weighted by molar-refractivity contribution is 5.39. The molecule has 1 unspecified atom stereocenters. The van der Waals surface area contributed by atoms with Crippen molar-refractivity contribution in [3.05, 3.63) is 47.3 Å². The molecule has 1 aromatic heterocycles. The topological polar surface area (TPSA) is 39.1 Å². The van der Waals surface area contributed by atoms with Gasteiger partial charge >= 0.3 is 0 Å². The third-order valence-electron chi connectivity index (χ3n) is 3.48. The second kappa shape index (κ2) is 6.57. The number of benzene rings is 1. The number of aromatic nitrogens is 2. The molecule has 0 aliphatic heterocycles. The van der Waals surface area contributed by atoms with Crippen LogP contribution in [0.5, 0.6) is 5.75 Å². The molecule has 0 aliphatic rings. The normalized spacial score (nSPS) is 12.4. The summed E-state index contributed by atoms with van der Waals surface area (Å²) >= 11 is 0. The number of nitrogens with one attached hydrogen (secondary N) is 1. The summed E-state index contributed by atoms with van der Waals surface area (Å²) in [5, 5.41) is 7.43. The quantitative estimate of drug-likeness (QED) is 0.879. The van der Waals surface area contributed by atoms with Crippen LogP contribution in [0, 0.1) is 6.92 Å². The Morgan fingerprint density at radius 2 is 2.20 bits per heavy atom. The number of hydrogen-bond donors (Lipinski definition) is 1. The van der Waals surface area contributed by atoms with Crippen molar-refractivity contribution >= 4 is 0 Å². The van der Waals surface area contributed by atoms with Gasteiger partial charge in [-0.1, -0.05) is 12.1 Å². The van der Waals surface area contributed by atoms with E-state index in [9.17, 15) is 0 Å². The van der Waals surface area contributed by atoms with Crippen molar-refractivity contribution in [3.63, 3.8) is 0 Å². The van der Waals surface area contributed by atoms with Crippen LogP contribution in [0.1, 0.15) is 29.7 Å². The third-order valence-corrected chi connectivity index (χ3v) is 3.48. The van der Waals surface area contributed by atoms with Gasteiger partial charge in [0.1, 0.15) is 5.75 Å². The smallest absolute Gasteiger partial charge is 0.124 e. The van der Waals surface area contributed by atoms with Crippen molar-refractivity contribution in [1.82, 2.24) is 15.1 Å². The molecule has 1 heterocycles. The van der Waals surface area contributed by atoms with E-state index in [1.54, 1.807) is 0 Å². The van der Waals surface area contributed by atoms with Crippen molar-refractivity contribution in [3.8, 4) is 5.75 Å². The van der Waals surface area contributed by atoms with Gasteiger partial charge in [-0.25, -0.2) is 0 Å². The van der Waals surface area contributed by atoms with E-state index in [4.69, 9.17) is 4.74 Å². The summed E-state index contributed by atoms with van der Waals surface area (Å²) in [4.78, 5) is 0. The van der Waals surface area contributed by atoms with Crippen LogP contribution in [0.2, 0.25) is 0 Å². The maximum absolute atomic E-state index is 5.98. The van der Waals surface area contributed by atoms with Crippen LogP contribution in [-0.4, -0.2) is 23.4 Å². The number of hydrogen-bond acceptors (Lipinski definition) is 3. The van der Waals surface area contributed by atoms with Crippen LogP contribution in [0.3, 0.4) is 0 Å². The average Bonchev–Trinajstić information content (AvgIpc) is 2.84. The fourth-order valence-corrected chi connectivity index (χ4v) is 2.16. The first kappa shape index (κ1) is 14.6. The monoisotopic (exact) mass is 273 g/mol. The van der Waals surface area contributed by atoms with E-state index in [0.717, 1.165) is 12.2 Å². The van der Waals surface area contributed by atoms with Gasteiger partial charge in [0.15, 0.2) is 0 Å². The molecule has 2 rings (SSSR count). The second-order valence-electron chi connectivity index (χ2n) is 5.17. The lowest BCUT2D eigenvalue weighted by atomic mass is 10.1. The number of nitrogens with zero attached hydrogens (tertiary/aromatic N) is 2. The minimum Gasteiger partial charge on any atom is -0.493 e. The first-order valence-electron chi connectivity index (χ1n) is 6.98. The number of ether oxygens (including phenoxy) is 1. The Bertz CT molecular complexity index is 563. The van der Waals surface area contributed by atoms with E-state index in [1.165, 1.54) is 16.7 Å². The fraction of sp³-hybridized carbons (Fsp3) is 0.438. The molecule has 0 radical (unpaired) electrons. The first-order chi connectivity index (χ1) is 9.60. The molecule has 0 saturated carbocycles. The van der Waals surface area contributed by atoms with Gasteiger partial charge in [-0.2, -0.15) is 5.10 Å². The molecule has 0 amide bonds. The van der Waals surface area contributed by atoms with Crippen LogP contribution in [0.25, 0.3) is 0 Å². The molecule has 1 aromatic carbocycles. The Kier molecular flexibility index (Phi) is 4.79. The van der Waals surface area contributed by atoms with Crippen LogP contribution in [0.15, 0.2) is 30.6 Å². The average molecular weight is 273 g/mol. The van der Waals surface area contributed by atoms with Gasteiger partial charge in [0, 0.05) is 31.3 Å². The minimum absolute atomic E-state index is 0.281. The zero-order valence-corrected chi connectivity index (χ0v) is 12.7. The number of aryl methyl sites for hydroxylation is 2. The molecular weight excluding hydrogens is 250 g/mol. The lowest BCUT2D eigenvalue weighted by molar-refractivity contribution is 0.315. The summed E-state index contributed by atoms with van der Waals surface area (Å²) in [6, 6.07) is 6.64. The predicted molar refractivity (Wildman–Crippen MR) is 81.1 cm³/mol. The van der Waals surface area contributed by atoms with Crippen molar-refractivity contribution in [2.45, 2.75) is 26.3 Å². The largest absolute Gasteiger partial charge is 0.493 e. The number of rotatable bonds is 6. The first-order valence-corrected chi connectivity index (χ1v) is 6.98. The molecular formula is C16H23N3O. The summed E-state index contributed by atoms with van der Waals surface area (Å²) in [5.41, 5.74) is 3.61. The van der Waals surface area contributed by atoms with Gasteiger partial charge < -0.3 is 10.1 Å². The van der Waals surface area contributed by atoms with Crippen LogP contribution >= 0.6 is 0 Å². The lowest BCUT2D eigenvalue weighted by Gasteiger charge is -2.17. The van der Waals surface area contributed by atoms with E-state index in [2.05, 4.69) is 42.5 Å². The Balaban J connectivity index is 2.02. The Hall–Kier alpha value is -1.81. The van der Waals surface area contributed by atoms with E-state index in [1.807, 2.05) is 31.2 Å². The van der Waals surface area contributed by atoms with Gasteiger partial charge in [-0.05, 0) is 38.1 Å². The van der Waals surface area contributed by atoms with Gasteiger partial charge in [-0.3, -0.25) is 4.68 Å². The highest BCUT2D eigenvalue weighted by Gasteiger charge is 2.10. The molecule has 1 N–H and O–H groups in total. The summed E-state index contributed by atoms with van der Waals surface area (Å²) in [5.74, 6) is 0.968.